The zero-order chi connectivity index (χ0) is 13.4. The molecular weight excluding hydrogens is 308 g/mol. The van der Waals surface area contributed by atoms with Gasteiger partial charge in [0.25, 0.3) is 11.2 Å². The van der Waals surface area contributed by atoms with Gasteiger partial charge in [0, 0.05) is 11.5 Å². The predicted octanol–water partition coefficient (Wildman–Crippen LogP) is 1.90. The summed E-state index contributed by atoms with van der Waals surface area (Å²) in [4.78, 5) is 34.6. The van der Waals surface area contributed by atoms with Crippen LogP contribution < -0.4 is 5.56 Å². The standard InChI is InChI=1S/C10H5BrN2O5/c11-6-2-4-1-5(10(15)16)9(14)12-7(4)3-8(6)13(17)18/h1-3H,(H,12,14)(H,15,16). The fraction of sp³-hybridized carbons (Fsp3) is 0. The number of nitrogens with one attached hydrogen (secondary N) is 1. The van der Waals surface area contributed by atoms with E-state index in [4.69, 9.17) is 5.11 Å². The van der Waals surface area contributed by atoms with Crippen molar-refractivity contribution in [1.29, 1.82) is 0 Å². The van der Waals surface area contributed by atoms with Crippen LogP contribution in [-0.2, 0) is 0 Å². The summed E-state index contributed by atoms with van der Waals surface area (Å²) in [5.41, 5.74) is -1.21. The third-order valence-corrected chi connectivity index (χ3v) is 2.97. The van der Waals surface area contributed by atoms with Gasteiger partial charge in [0.1, 0.15) is 5.56 Å². The molecule has 0 unspecified atom stereocenters. The van der Waals surface area contributed by atoms with Crippen LogP contribution in [0, 0.1) is 10.1 Å². The van der Waals surface area contributed by atoms with Crippen molar-refractivity contribution in [3.63, 3.8) is 0 Å². The minimum absolute atomic E-state index is 0.207. The van der Waals surface area contributed by atoms with Gasteiger partial charge in [-0.1, -0.05) is 0 Å². The molecule has 0 bridgehead atoms. The summed E-state index contributed by atoms with van der Waals surface area (Å²) in [6.45, 7) is 0. The summed E-state index contributed by atoms with van der Waals surface area (Å²) in [5, 5.41) is 19.9. The van der Waals surface area contributed by atoms with Crippen LogP contribution in [0.3, 0.4) is 0 Å². The fourth-order valence-corrected chi connectivity index (χ4v) is 2.02. The highest BCUT2D eigenvalue weighted by Crippen LogP contribution is 2.28. The number of hydrogen-bond acceptors (Lipinski definition) is 4. The van der Waals surface area contributed by atoms with Crippen LogP contribution in [0.1, 0.15) is 10.4 Å². The Balaban J connectivity index is 2.82. The normalized spacial score (nSPS) is 10.5. The Labute approximate surface area is 107 Å². The van der Waals surface area contributed by atoms with Crippen molar-refractivity contribution in [2.24, 2.45) is 0 Å². The molecule has 92 valence electrons. The fourth-order valence-electron chi connectivity index (χ4n) is 1.51. The number of aromatic carboxylic acids is 1. The quantitative estimate of drug-likeness (QED) is 0.649. The Hall–Kier alpha value is -2.22. The maximum absolute atomic E-state index is 11.4. The molecule has 18 heavy (non-hydrogen) atoms. The van der Waals surface area contributed by atoms with Crippen LogP contribution in [0.4, 0.5) is 5.69 Å². The molecule has 2 N–H and O–H groups in total. The van der Waals surface area contributed by atoms with Gasteiger partial charge in [0.05, 0.1) is 14.9 Å². The second-order valence-electron chi connectivity index (χ2n) is 3.47. The van der Waals surface area contributed by atoms with Gasteiger partial charge in [-0.05, 0) is 28.1 Å². The van der Waals surface area contributed by atoms with E-state index in [0.717, 1.165) is 0 Å². The van der Waals surface area contributed by atoms with Gasteiger partial charge in [-0.25, -0.2) is 4.79 Å². The highest BCUT2D eigenvalue weighted by Gasteiger charge is 2.16. The topological polar surface area (TPSA) is 113 Å². The molecular formula is C10H5BrN2O5. The molecule has 2 rings (SSSR count). The molecule has 0 saturated carbocycles. The number of benzene rings is 1. The summed E-state index contributed by atoms with van der Waals surface area (Å²) < 4.78 is 0.211. The number of rotatable bonds is 2. The zero-order valence-electron chi connectivity index (χ0n) is 8.64. The van der Waals surface area contributed by atoms with Crippen molar-refractivity contribution < 1.29 is 14.8 Å². The van der Waals surface area contributed by atoms with Gasteiger partial charge < -0.3 is 10.1 Å². The summed E-state index contributed by atoms with van der Waals surface area (Å²) >= 11 is 3.02. The zero-order valence-corrected chi connectivity index (χ0v) is 10.2. The number of carboxylic acid groups (broad SMARTS) is 1. The Morgan fingerprint density at radius 2 is 2.06 bits per heavy atom. The first-order valence-electron chi connectivity index (χ1n) is 4.64. The van der Waals surface area contributed by atoms with E-state index in [1.165, 1.54) is 18.2 Å². The first-order chi connectivity index (χ1) is 8.40. The van der Waals surface area contributed by atoms with Crippen molar-refractivity contribution in [2.45, 2.75) is 0 Å². The van der Waals surface area contributed by atoms with Gasteiger partial charge in [-0.2, -0.15) is 0 Å². The lowest BCUT2D eigenvalue weighted by molar-refractivity contribution is -0.385. The molecule has 8 heteroatoms. The second-order valence-corrected chi connectivity index (χ2v) is 4.32. The van der Waals surface area contributed by atoms with Crippen molar-refractivity contribution in [1.82, 2.24) is 4.98 Å². The van der Waals surface area contributed by atoms with Gasteiger partial charge in [-0.15, -0.1) is 0 Å². The van der Waals surface area contributed by atoms with Crippen LogP contribution in [0.25, 0.3) is 10.9 Å². The van der Waals surface area contributed by atoms with E-state index in [1.54, 1.807) is 0 Å². The molecule has 0 spiro atoms. The average Bonchev–Trinajstić information content (AvgIpc) is 2.27. The number of aromatic amines is 1. The summed E-state index contributed by atoms with van der Waals surface area (Å²) in [6, 6.07) is 3.73. The van der Waals surface area contributed by atoms with Crippen LogP contribution in [0.5, 0.6) is 0 Å². The molecule has 7 nitrogen and oxygen atoms in total. The molecule has 2 aromatic rings. The SMILES string of the molecule is O=C(O)c1cc2cc(Br)c([N+](=O)[O-])cc2[nH]c1=O. The van der Waals surface area contributed by atoms with Crippen LogP contribution in [0.2, 0.25) is 0 Å². The molecule has 0 atom stereocenters. The smallest absolute Gasteiger partial charge is 0.341 e. The number of pyridine rings is 1. The maximum atomic E-state index is 11.4. The second kappa shape index (κ2) is 4.22. The van der Waals surface area contributed by atoms with E-state index >= 15 is 0 Å². The number of nitro groups is 1. The largest absolute Gasteiger partial charge is 0.477 e. The highest BCUT2D eigenvalue weighted by molar-refractivity contribution is 9.10. The molecule has 0 aliphatic rings. The van der Waals surface area contributed by atoms with Crippen LogP contribution in [0.15, 0.2) is 27.5 Å². The number of carboxylic acids is 1. The van der Waals surface area contributed by atoms with Crippen molar-refractivity contribution in [2.75, 3.05) is 0 Å². The number of nitro benzene ring substituents is 1. The van der Waals surface area contributed by atoms with E-state index in [-0.39, 0.29) is 15.7 Å². The van der Waals surface area contributed by atoms with E-state index in [1.807, 2.05) is 0 Å². The highest BCUT2D eigenvalue weighted by atomic mass is 79.9. The number of aromatic nitrogens is 1. The lowest BCUT2D eigenvalue weighted by Crippen LogP contribution is -2.17. The monoisotopic (exact) mass is 312 g/mol. The Kier molecular flexibility index (Phi) is 2.87. The van der Waals surface area contributed by atoms with Crippen LogP contribution in [-0.4, -0.2) is 21.0 Å². The summed E-state index contributed by atoms with van der Waals surface area (Å²) in [5.74, 6) is -1.35. The molecule has 0 saturated heterocycles. The molecule has 0 aliphatic carbocycles. The van der Waals surface area contributed by atoms with Gasteiger partial charge in [0.2, 0.25) is 0 Å². The Morgan fingerprint density at radius 1 is 1.39 bits per heavy atom. The number of halogens is 1. The number of H-pyrrole nitrogens is 1. The van der Waals surface area contributed by atoms with Gasteiger partial charge in [-0.3, -0.25) is 14.9 Å². The van der Waals surface area contributed by atoms with Crippen molar-refractivity contribution >= 4 is 38.5 Å². The number of nitrogens with zero attached hydrogens (tertiary/aromatic N) is 1. The lowest BCUT2D eigenvalue weighted by Gasteiger charge is -2.01. The number of fused-ring (bicyclic) bond motifs is 1. The van der Waals surface area contributed by atoms with Crippen molar-refractivity contribution in [3.05, 3.63) is 48.7 Å². The van der Waals surface area contributed by atoms with E-state index in [0.29, 0.717) is 5.39 Å². The number of hydrogen-bond donors (Lipinski definition) is 2. The van der Waals surface area contributed by atoms with Crippen molar-refractivity contribution in [3.8, 4) is 0 Å². The molecule has 1 aromatic carbocycles. The number of carbonyl (C=O) groups is 1. The minimum Gasteiger partial charge on any atom is -0.477 e. The Morgan fingerprint density at radius 3 is 2.61 bits per heavy atom. The third kappa shape index (κ3) is 1.97. The maximum Gasteiger partial charge on any atom is 0.341 e. The van der Waals surface area contributed by atoms with E-state index in [2.05, 4.69) is 20.9 Å². The summed E-state index contributed by atoms with van der Waals surface area (Å²) in [6.07, 6.45) is 0. The summed E-state index contributed by atoms with van der Waals surface area (Å²) in [7, 11) is 0. The van der Waals surface area contributed by atoms with Gasteiger partial charge in [0.15, 0.2) is 0 Å². The lowest BCUT2D eigenvalue weighted by atomic mass is 10.1. The van der Waals surface area contributed by atoms with Gasteiger partial charge >= 0.3 is 5.97 Å². The molecule has 0 radical (unpaired) electrons. The molecule has 0 fully saturated rings. The first kappa shape index (κ1) is 12.2. The average molecular weight is 313 g/mol. The minimum atomic E-state index is -1.35. The first-order valence-corrected chi connectivity index (χ1v) is 5.43. The predicted molar refractivity (Wildman–Crippen MR) is 65.9 cm³/mol. The van der Waals surface area contributed by atoms with E-state index < -0.39 is 22.0 Å². The molecule has 1 heterocycles. The molecule has 1 aromatic heterocycles. The molecule has 0 aliphatic heterocycles. The van der Waals surface area contributed by atoms with Crippen LogP contribution >= 0.6 is 15.9 Å². The Bertz CT molecular complexity index is 737. The third-order valence-electron chi connectivity index (χ3n) is 2.34. The van der Waals surface area contributed by atoms with E-state index in [9.17, 15) is 19.7 Å². The molecule has 0 amide bonds.